The van der Waals surface area contributed by atoms with Crippen LogP contribution in [0.1, 0.15) is 0 Å². The Morgan fingerprint density at radius 2 is 0.536 bits per heavy atom. The van der Waals surface area contributed by atoms with Gasteiger partial charge in [-0.25, -0.2) is 0 Å². The van der Waals surface area contributed by atoms with Crippen LogP contribution in [0.15, 0.2) is 121 Å². The highest BCUT2D eigenvalue weighted by atomic mass is 31.1. The van der Waals surface area contributed by atoms with Crippen LogP contribution in [0.4, 0.5) is 0 Å². The predicted octanol–water partition coefficient (Wildman–Crippen LogP) is 5.17. The van der Waals surface area contributed by atoms with E-state index in [-0.39, 0.29) is 0 Å². The van der Waals surface area contributed by atoms with Crippen molar-refractivity contribution < 1.29 is 0 Å². The molecule has 0 saturated heterocycles. The molecule has 4 aromatic carbocycles. The molecule has 0 aliphatic rings. The van der Waals surface area contributed by atoms with Gasteiger partial charge >= 0.3 is 0 Å². The van der Waals surface area contributed by atoms with Crippen molar-refractivity contribution in [1.82, 2.24) is 0 Å². The van der Waals surface area contributed by atoms with E-state index in [1.165, 1.54) is 21.2 Å². The van der Waals surface area contributed by atoms with E-state index >= 15 is 0 Å². The fourth-order valence-electron chi connectivity index (χ4n) is 2.96. The molecule has 0 saturated carbocycles. The first-order valence-corrected chi connectivity index (χ1v) is 11.9. The van der Waals surface area contributed by atoms with Crippen molar-refractivity contribution in [1.29, 1.82) is 0 Å². The maximum Gasteiger partial charge on any atom is 0.0348 e. The minimum Gasteiger partial charge on any atom is -0.0622 e. The zero-order valence-corrected chi connectivity index (χ0v) is 17.2. The minimum absolute atomic E-state index is 0.709. The molecule has 0 aromatic heterocycles. The Kier molecular flexibility index (Phi) is 6.32. The Bertz CT molecular complexity index is 884. The smallest absolute Gasteiger partial charge is 0.0348 e. The van der Waals surface area contributed by atoms with Crippen LogP contribution in [-0.2, 0) is 0 Å². The van der Waals surface area contributed by atoms with Crippen LogP contribution < -0.4 is 21.2 Å². The van der Waals surface area contributed by atoms with E-state index in [1.807, 2.05) is 0 Å². The highest BCUT2D eigenvalue weighted by Crippen LogP contribution is 2.37. The third-order valence-corrected chi connectivity index (χ3v) is 8.44. The fourth-order valence-corrected chi connectivity index (χ4v) is 6.76. The third-order valence-electron chi connectivity index (χ3n) is 4.33. The van der Waals surface area contributed by atoms with Crippen LogP contribution in [0, 0.1) is 11.3 Å². The maximum absolute atomic E-state index is 3.69. The van der Waals surface area contributed by atoms with E-state index in [4.69, 9.17) is 0 Å². The van der Waals surface area contributed by atoms with Crippen molar-refractivity contribution in [2.45, 2.75) is 0 Å². The zero-order chi connectivity index (χ0) is 19.0. The van der Waals surface area contributed by atoms with E-state index in [0.717, 1.165) is 0 Å². The molecule has 0 radical (unpaired) electrons. The molecule has 0 aliphatic heterocycles. The van der Waals surface area contributed by atoms with Gasteiger partial charge in [-0.2, -0.15) is 0 Å². The molecule has 0 unspecified atom stereocenters. The molecule has 28 heavy (non-hydrogen) atoms. The predicted molar refractivity (Wildman–Crippen MR) is 126 cm³/mol. The molecule has 0 atom stereocenters. The molecule has 4 rings (SSSR count). The average Bonchev–Trinajstić information content (AvgIpc) is 2.79. The monoisotopic (exact) mass is 394 g/mol. The summed E-state index contributed by atoms with van der Waals surface area (Å²) in [5, 5.41) is 5.19. The Labute approximate surface area is 169 Å². The van der Waals surface area contributed by atoms with Crippen LogP contribution in [0.2, 0.25) is 0 Å². The second kappa shape index (κ2) is 9.48. The maximum atomic E-state index is 3.69. The normalized spacial score (nSPS) is 10.5. The Hall–Kier alpha value is -2.70. The van der Waals surface area contributed by atoms with E-state index < -0.39 is 15.8 Å². The first kappa shape index (κ1) is 18.7. The van der Waals surface area contributed by atoms with Crippen LogP contribution in [0.25, 0.3) is 0 Å². The highest BCUT2D eigenvalue weighted by Gasteiger charge is 2.14. The summed E-state index contributed by atoms with van der Waals surface area (Å²) in [6, 6.07) is 42.7. The van der Waals surface area contributed by atoms with Gasteiger partial charge in [-0.05, 0) is 21.2 Å². The Morgan fingerprint density at radius 3 is 0.750 bits per heavy atom. The largest absolute Gasteiger partial charge is 0.0622 e. The fraction of sp³-hybridized carbons (Fsp3) is 0. The van der Waals surface area contributed by atoms with Gasteiger partial charge in [0.1, 0.15) is 0 Å². The topological polar surface area (TPSA) is 0 Å². The van der Waals surface area contributed by atoms with Crippen LogP contribution in [-0.4, -0.2) is 0 Å². The van der Waals surface area contributed by atoms with Gasteiger partial charge in [0.25, 0.3) is 0 Å². The number of hydrogen-bond acceptors (Lipinski definition) is 0. The SMILES string of the molecule is C(#CP(c1ccccc1)c1ccccc1)P(c1ccccc1)c1ccccc1. The minimum atomic E-state index is -0.709. The standard InChI is InChI=1S/C26H20P2/c1-5-13-23(14-6-1)27(24-15-7-2-8-16-24)21-22-28(25-17-9-3-10-18-25)26-19-11-4-12-20-26/h1-20H. The third kappa shape index (κ3) is 4.58. The average molecular weight is 394 g/mol. The lowest BCUT2D eigenvalue weighted by Gasteiger charge is -2.14. The van der Waals surface area contributed by atoms with Crippen LogP contribution in [0.5, 0.6) is 0 Å². The van der Waals surface area contributed by atoms with Crippen molar-refractivity contribution in [3.05, 3.63) is 121 Å². The number of hydrogen-bond donors (Lipinski definition) is 0. The van der Waals surface area contributed by atoms with Gasteiger partial charge in [-0.1, -0.05) is 133 Å². The lowest BCUT2D eigenvalue weighted by molar-refractivity contribution is 1.75. The Morgan fingerprint density at radius 1 is 0.321 bits per heavy atom. The quantitative estimate of drug-likeness (QED) is 0.331. The summed E-state index contributed by atoms with van der Waals surface area (Å²) in [6.07, 6.45) is 0. The molecule has 0 amide bonds. The van der Waals surface area contributed by atoms with Gasteiger partial charge in [-0.15, -0.1) is 0 Å². The van der Waals surface area contributed by atoms with Gasteiger partial charge in [0.2, 0.25) is 0 Å². The van der Waals surface area contributed by atoms with Gasteiger partial charge < -0.3 is 0 Å². The van der Waals surface area contributed by atoms with E-state index in [2.05, 4.69) is 133 Å². The van der Waals surface area contributed by atoms with Crippen LogP contribution in [0.3, 0.4) is 0 Å². The summed E-state index contributed by atoms with van der Waals surface area (Å²) in [5.74, 6) is 0. The lowest BCUT2D eigenvalue weighted by Crippen LogP contribution is -2.11. The molecule has 0 N–H and O–H groups in total. The summed E-state index contributed by atoms with van der Waals surface area (Å²) >= 11 is 0. The molecule has 0 bridgehead atoms. The van der Waals surface area contributed by atoms with E-state index in [0.29, 0.717) is 0 Å². The second-order valence-electron chi connectivity index (χ2n) is 6.24. The van der Waals surface area contributed by atoms with Crippen molar-refractivity contribution in [2.75, 3.05) is 0 Å². The highest BCUT2D eigenvalue weighted by molar-refractivity contribution is 7.80. The molecule has 0 nitrogen and oxygen atoms in total. The van der Waals surface area contributed by atoms with E-state index in [1.54, 1.807) is 0 Å². The number of benzene rings is 4. The second-order valence-corrected chi connectivity index (χ2v) is 10.1. The van der Waals surface area contributed by atoms with Crippen molar-refractivity contribution in [3.8, 4) is 11.3 Å². The van der Waals surface area contributed by atoms with Crippen molar-refractivity contribution >= 4 is 37.1 Å². The summed E-state index contributed by atoms with van der Waals surface area (Å²) in [4.78, 5) is 0. The van der Waals surface area contributed by atoms with Gasteiger partial charge in [0, 0.05) is 15.8 Å². The first-order valence-electron chi connectivity index (χ1n) is 9.23. The summed E-state index contributed by atoms with van der Waals surface area (Å²) in [7, 11) is -1.42. The molecular formula is C26H20P2. The molecule has 134 valence electrons. The summed E-state index contributed by atoms with van der Waals surface area (Å²) in [6.45, 7) is 0. The molecule has 2 heteroatoms. The zero-order valence-electron chi connectivity index (χ0n) is 15.4. The molecule has 4 aromatic rings. The molecule has 0 fully saturated rings. The van der Waals surface area contributed by atoms with E-state index in [9.17, 15) is 0 Å². The Balaban J connectivity index is 1.78. The summed E-state index contributed by atoms with van der Waals surface area (Å²) in [5.41, 5.74) is 7.39. The summed E-state index contributed by atoms with van der Waals surface area (Å²) < 4.78 is 0. The van der Waals surface area contributed by atoms with Crippen LogP contribution >= 0.6 is 15.8 Å². The van der Waals surface area contributed by atoms with Crippen molar-refractivity contribution in [2.24, 2.45) is 0 Å². The first-order chi connectivity index (χ1) is 13.9. The molecule has 0 spiro atoms. The lowest BCUT2D eigenvalue weighted by atomic mass is 10.4. The molecule has 0 aliphatic carbocycles. The van der Waals surface area contributed by atoms with Gasteiger partial charge in [-0.3, -0.25) is 0 Å². The van der Waals surface area contributed by atoms with Gasteiger partial charge in [0.05, 0.1) is 0 Å². The van der Waals surface area contributed by atoms with Crippen molar-refractivity contribution in [3.63, 3.8) is 0 Å². The van der Waals surface area contributed by atoms with Gasteiger partial charge in [0.15, 0.2) is 0 Å². The molecule has 0 heterocycles. The molecular weight excluding hydrogens is 374 g/mol. The number of rotatable bonds is 4.